The van der Waals surface area contributed by atoms with Crippen molar-refractivity contribution in [2.75, 3.05) is 14.2 Å². The van der Waals surface area contributed by atoms with E-state index in [1.165, 1.54) is 0 Å². The highest BCUT2D eigenvalue weighted by molar-refractivity contribution is 5.34. The van der Waals surface area contributed by atoms with Gasteiger partial charge < -0.3 is 10.1 Å². The van der Waals surface area contributed by atoms with E-state index in [0.29, 0.717) is 5.88 Å². The van der Waals surface area contributed by atoms with E-state index in [4.69, 9.17) is 4.74 Å². The molecule has 1 atom stereocenters. The standard InChI is InChI=1S/C12H16N4O/c1-13-11(10-6-8-16(2)15-10)9-5-4-7-14-12(9)17-3/h4-8,11,13H,1-3H3. The quantitative estimate of drug-likeness (QED) is 0.858. The molecule has 1 N–H and O–H groups in total. The summed E-state index contributed by atoms with van der Waals surface area (Å²) in [6, 6.07) is 5.85. The molecule has 0 aliphatic rings. The van der Waals surface area contributed by atoms with Crippen LogP contribution in [0.1, 0.15) is 17.3 Å². The van der Waals surface area contributed by atoms with Gasteiger partial charge in [-0.25, -0.2) is 4.98 Å². The summed E-state index contributed by atoms with van der Waals surface area (Å²) in [7, 11) is 5.42. The predicted molar refractivity (Wildman–Crippen MR) is 64.9 cm³/mol. The van der Waals surface area contributed by atoms with E-state index in [9.17, 15) is 0 Å². The van der Waals surface area contributed by atoms with E-state index in [0.717, 1.165) is 11.3 Å². The fourth-order valence-electron chi connectivity index (χ4n) is 1.84. The van der Waals surface area contributed by atoms with Crippen LogP contribution in [0.15, 0.2) is 30.6 Å². The molecular formula is C12H16N4O. The number of hydrogen-bond donors (Lipinski definition) is 1. The van der Waals surface area contributed by atoms with Crippen molar-refractivity contribution in [1.82, 2.24) is 20.1 Å². The molecule has 0 bridgehead atoms. The number of methoxy groups -OCH3 is 1. The molecule has 17 heavy (non-hydrogen) atoms. The van der Waals surface area contributed by atoms with E-state index in [2.05, 4.69) is 15.4 Å². The number of hydrogen-bond acceptors (Lipinski definition) is 4. The Hall–Kier alpha value is -1.88. The number of rotatable bonds is 4. The topological polar surface area (TPSA) is 52.0 Å². The molecule has 2 heterocycles. The van der Waals surface area contributed by atoms with Crippen LogP contribution in [0.5, 0.6) is 5.88 Å². The number of aryl methyl sites for hydroxylation is 1. The fraction of sp³-hybridized carbons (Fsp3) is 0.333. The van der Waals surface area contributed by atoms with Crippen molar-refractivity contribution in [3.8, 4) is 5.88 Å². The molecule has 0 saturated carbocycles. The SMILES string of the molecule is CNC(c1ccn(C)n1)c1cccnc1OC. The van der Waals surface area contributed by atoms with Crippen molar-refractivity contribution in [2.45, 2.75) is 6.04 Å². The third-order valence-corrected chi connectivity index (χ3v) is 2.62. The number of pyridine rings is 1. The lowest BCUT2D eigenvalue weighted by Gasteiger charge is -2.16. The monoisotopic (exact) mass is 232 g/mol. The van der Waals surface area contributed by atoms with Crippen molar-refractivity contribution in [3.05, 3.63) is 41.9 Å². The van der Waals surface area contributed by atoms with Crippen molar-refractivity contribution in [1.29, 1.82) is 0 Å². The second-order valence-corrected chi connectivity index (χ2v) is 3.74. The van der Waals surface area contributed by atoms with Gasteiger partial charge in [0.25, 0.3) is 0 Å². The third kappa shape index (κ3) is 2.29. The summed E-state index contributed by atoms with van der Waals surface area (Å²) in [5.74, 6) is 0.623. The molecule has 0 fully saturated rings. The maximum absolute atomic E-state index is 5.27. The summed E-state index contributed by atoms with van der Waals surface area (Å²) in [4.78, 5) is 4.20. The van der Waals surface area contributed by atoms with Gasteiger partial charge in [-0.15, -0.1) is 0 Å². The van der Waals surface area contributed by atoms with E-state index in [1.807, 2.05) is 38.5 Å². The van der Waals surface area contributed by atoms with Crippen LogP contribution in [0.2, 0.25) is 0 Å². The van der Waals surface area contributed by atoms with E-state index in [-0.39, 0.29) is 6.04 Å². The van der Waals surface area contributed by atoms with Gasteiger partial charge in [-0.1, -0.05) is 6.07 Å². The molecule has 2 aromatic rings. The van der Waals surface area contributed by atoms with Crippen LogP contribution in [0.25, 0.3) is 0 Å². The van der Waals surface area contributed by atoms with Gasteiger partial charge in [-0.05, 0) is 19.2 Å². The lowest BCUT2D eigenvalue weighted by molar-refractivity contribution is 0.387. The van der Waals surface area contributed by atoms with Crippen LogP contribution in [0, 0.1) is 0 Å². The Balaban J connectivity index is 2.41. The zero-order valence-corrected chi connectivity index (χ0v) is 10.2. The minimum atomic E-state index is -0.0140. The zero-order valence-electron chi connectivity index (χ0n) is 10.2. The minimum Gasteiger partial charge on any atom is -0.481 e. The number of nitrogens with zero attached hydrogens (tertiary/aromatic N) is 3. The predicted octanol–water partition coefficient (Wildman–Crippen LogP) is 1.13. The van der Waals surface area contributed by atoms with Gasteiger partial charge in [-0.3, -0.25) is 4.68 Å². The lowest BCUT2D eigenvalue weighted by Crippen LogP contribution is -2.19. The maximum atomic E-state index is 5.27. The number of ether oxygens (including phenoxy) is 1. The van der Waals surface area contributed by atoms with Crippen molar-refractivity contribution in [3.63, 3.8) is 0 Å². The molecule has 0 aliphatic heterocycles. The molecule has 0 spiro atoms. The normalized spacial score (nSPS) is 12.4. The highest BCUT2D eigenvalue weighted by atomic mass is 16.5. The average molecular weight is 232 g/mol. The van der Waals surface area contributed by atoms with Crippen LogP contribution >= 0.6 is 0 Å². The first-order valence-corrected chi connectivity index (χ1v) is 5.42. The third-order valence-electron chi connectivity index (χ3n) is 2.62. The fourth-order valence-corrected chi connectivity index (χ4v) is 1.84. The zero-order chi connectivity index (χ0) is 12.3. The summed E-state index contributed by atoms with van der Waals surface area (Å²) >= 11 is 0. The summed E-state index contributed by atoms with van der Waals surface area (Å²) < 4.78 is 7.05. The van der Waals surface area contributed by atoms with Crippen molar-refractivity contribution < 1.29 is 4.74 Å². The Bertz CT molecular complexity index is 495. The number of nitrogens with one attached hydrogen (secondary N) is 1. The summed E-state index contributed by atoms with van der Waals surface area (Å²) in [5, 5.41) is 7.63. The molecule has 0 amide bonds. The highest BCUT2D eigenvalue weighted by Gasteiger charge is 2.19. The first-order chi connectivity index (χ1) is 8.26. The van der Waals surface area contributed by atoms with Gasteiger partial charge in [0.2, 0.25) is 5.88 Å². The largest absolute Gasteiger partial charge is 0.481 e. The van der Waals surface area contributed by atoms with Gasteiger partial charge in [0.05, 0.1) is 18.8 Å². The van der Waals surface area contributed by atoms with Gasteiger partial charge in [-0.2, -0.15) is 5.10 Å². The molecular weight excluding hydrogens is 216 g/mol. The molecule has 5 heteroatoms. The van der Waals surface area contributed by atoms with Crippen molar-refractivity contribution >= 4 is 0 Å². The Kier molecular flexibility index (Phi) is 3.39. The first kappa shape index (κ1) is 11.6. The first-order valence-electron chi connectivity index (χ1n) is 5.42. The second-order valence-electron chi connectivity index (χ2n) is 3.74. The van der Waals surface area contributed by atoms with Crippen LogP contribution in [-0.2, 0) is 7.05 Å². The molecule has 5 nitrogen and oxygen atoms in total. The molecule has 2 rings (SSSR count). The smallest absolute Gasteiger partial charge is 0.218 e. The lowest BCUT2D eigenvalue weighted by atomic mass is 10.1. The van der Waals surface area contributed by atoms with Gasteiger partial charge in [0, 0.05) is 25.0 Å². The molecule has 0 aliphatic carbocycles. The molecule has 90 valence electrons. The average Bonchev–Trinajstić information content (AvgIpc) is 2.77. The summed E-state index contributed by atoms with van der Waals surface area (Å²) in [6.07, 6.45) is 3.63. The van der Waals surface area contributed by atoms with Gasteiger partial charge in [0.15, 0.2) is 0 Å². The maximum Gasteiger partial charge on any atom is 0.218 e. The van der Waals surface area contributed by atoms with E-state index in [1.54, 1.807) is 18.0 Å². The van der Waals surface area contributed by atoms with E-state index >= 15 is 0 Å². The van der Waals surface area contributed by atoms with Crippen molar-refractivity contribution in [2.24, 2.45) is 7.05 Å². The molecule has 0 saturated heterocycles. The Labute approximate surface area is 100 Å². The minimum absolute atomic E-state index is 0.0140. The van der Waals surface area contributed by atoms with Crippen LogP contribution in [0.3, 0.4) is 0 Å². The molecule has 0 radical (unpaired) electrons. The summed E-state index contributed by atoms with van der Waals surface area (Å²) in [5.41, 5.74) is 1.93. The highest BCUT2D eigenvalue weighted by Crippen LogP contribution is 2.26. The van der Waals surface area contributed by atoms with E-state index < -0.39 is 0 Å². The van der Waals surface area contributed by atoms with Crippen LogP contribution in [0.4, 0.5) is 0 Å². The summed E-state index contributed by atoms with van der Waals surface area (Å²) in [6.45, 7) is 0. The molecule has 2 aromatic heterocycles. The van der Waals surface area contributed by atoms with Crippen LogP contribution < -0.4 is 10.1 Å². The second kappa shape index (κ2) is 4.97. The Morgan fingerprint density at radius 3 is 2.82 bits per heavy atom. The van der Waals surface area contributed by atoms with Crippen LogP contribution in [-0.4, -0.2) is 28.9 Å². The molecule has 0 aromatic carbocycles. The molecule has 1 unspecified atom stereocenters. The van der Waals surface area contributed by atoms with Gasteiger partial charge >= 0.3 is 0 Å². The Morgan fingerprint density at radius 1 is 1.41 bits per heavy atom. The van der Waals surface area contributed by atoms with Gasteiger partial charge in [0.1, 0.15) is 0 Å². The Morgan fingerprint density at radius 2 is 2.24 bits per heavy atom. The number of aromatic nitrogens is 3.